The van der Waals surface area contributed by atoms with Gasteiger partial charge in [0, 0.05) is 10.4 Å². The zero-order valence-corrected chi connectivity index (χ0v) is 12.2. The molecule has 2 heterocycles. The molecule has 1 aromatic heterocycles. The highest BCUT2D eigenvalue weighted by Crippen LogP contribution is 2.30. The van der Waals surface area contributed by atoms with Crippen LogP contribution in [0.25, 0.3) is 11.8 Å². The van der Waals surface area contributed by atoms with Gasteiger partial charge < -0.3 is 4.74 Å². The number of rotatable bonds is 2. The Labute approximate surface area is 122 Å². The number of hydrogen-bond acceptors (Lipinski definition) is 3. The average Bonchev–Trinajstić information content (AvgIpc) is 3.01. The Bertz CT molecular complexity index is 721. The molecule has 0 fully saturated rings. The van der Waals surface area contributed by atoms with Crippen molar-refractivity contribution < 1.29 is 9.53 Å². The molecule has 1 aliphatic rings. The number of hydrogen-bond donors (Lipinski definition) is 0. The van der Waals surface area contributed by atoms with Gasteiger partial charge in [-0.1, -0.05) is 29.8 Å². The molecule has 2 aromatic rings. The van der Waals surface area contributed by atoms with Crippen LogP contribution >= 0.6 is 11.3 Å². The van der Waals surface area contributed by atoms with Crippen LogP contribution in [0.2, 0.25) is 0 Å². The van der Waals surface area contributed by atoms with Gasteiger partial charge in [0.05, 0.1) is 5.57 Å². The monoisotopic (exact) mass is 282 g/mol. The Hall–Kier alpha value is -2.13. The van der Waals surface area contributed by atoms with Crippen molar-refractivity contribution in [1.82, 2.24) is 0 Å². The number of ether oxygens (including phenoxy) is 1. The minimum absolute atomic E-state index is 0.284. The summed E-state index contributed by atoms with van der Waals surface area (Å²) in [4.78, 5) is 13.0. The first-order chi connectivity index (χ1) is 9.63. The van der Waals surface area contributed by atoms with Crippen molar-refractivity contribution in [2.24, 2.45) is 0 Å². The standard InChI is InChI=1S/C17H14O2S/c1-11-5-6-15(12(2)8-11)16-10-13(17(18)19-16)9-14-4-3-7-20-14/h3-10H,1-2H3. The largest absolute Gasteiger partial charge is 0.422 e. The molecule has 0 N–H and O–H groups in total. The van der Waals surface area contributed by atoms with Crippen LogP contribution in [0.5, 0.6) is 0 Å². The van der Waals surface area contributed by atoms with E-state index in [4.69, 9.17) is 4.74 Å². The molecule has 0 saturated heterocycles. The molecule has 0 saturated carbocycles. The molecule has 20 heavy (non-hydrogen) atoms. The average molecular weight is 282 g/mol. The van der Waals surface area contributed by atoms with Crippen LogP contribution in [0.1, 0.15) is 21.6 Å². The summed E-state index contributed by atoms with van der Waals surface area (Å²) in [5.74, 6) is 0.351. The van der Waals surface area contributed by atoms with Gasteiger partial charge in [-0.05, 0) is 43.0 Å². The van der Waals surface area contributed by atoms with E-state index in [1.807, 2.05) is 55.6 Å². The first-order valence-electron chi connectivity index (χ1n) is 6.40. The summed E-state index contributed by atoms with van der Waals surface area (Å²) in [6.07, 6.45) is 3.68. The van der Waals surface area contributed by atoms with E-state index >= 15 is 0 Å². The summed E-state index contributed by atoms with van der Waals surface area (Å²) in [6.45, 7) is 4.08. The number of carbonyl (C=O) groups is 1. The van der Waals surface area contributed by atoms with Gasteiger partial charge in [-0.25, -0.2) is 4.79 Å². The molecule has 0 spiro atoms. The topological polar surface area (TPSA) is 26.3 Å². The zero-order valence-electron chi connectivity index (χ0n) is 11.3. The van der Waals surface area contributed by atoms with Crippen LogP contribution in [-0.4, -0.2) is 5.97 Å². The first-order valence-corrected chi connectivity index (χ1v) is 7.28. The van der Waals surface area contributed by atoms with Gasteiger partial charge in [0.15, 0.2) is 0 Å². The smallest absolute Gasteiger partial charge is 0.343 e. The van der Waals surface area contributed by atoms with Crippen molar-refractivity contribution in [2.75, 3.05) is 0 Å². The van der Waals surface area contributed by atoms with Crippen molar-refractivity contribution in [1.29, 1.82) is 0 Å². The number of esters is 1. The summed E-state index contributed by atoms with van der Waals surface area (Å²) in [7, 11) is 0. The summed E-state index contributed by atoms with van der Waals surface area (Å²) < 4.78 is 5.39. The Morgan fingerprint density at radius 3 is 2.75 bits per heavy atom. The summed E-state index contributed by atoms with van der Waals surface area (Å²) >= 11 is 1.60. The highest BCUT2D eigenvalue weighted by molar-refractivity contribution is 7.10. The van der Waals surface area contributed by atoms with Crippen LogP contribution in [0, 0.1) is 13.8 Å². The van der Waals surface area contributed by atoms with Gasteiger partial charge in [0.2, 0.25) is 0 Å². The van der Waals surface area contributed by atoms with Crippen molar-refractivity contribution in [3.63, 3.8) is 0 Å². The maximum absolute atomic E-state index is 11.9. The second kappa shape index (κ2) is 5.10. The summed E-state index contributed by atoms with van der Waals surface area (Å²) in [5.41, 5.74) is 3.88. The van der Waals surface area contributed by atoms with E-state index in [-0.39, 0.29) is 5.97 Å². The third kappa shape index (κ3) is 2.45. The van der Waals surface area contributed by atoms with Crippen molar-refractivity contribution in [3.05, 3.63) is 68.9 Å². The van der Waals surface area contributed by atoms with Crippen molar-refractivity contribution in [3.8, 4) is 0 Å². The lowest BCUT2D eigenvalue weighted by Gasteiger charge is -2.06. The molecule has 2 nitrogen and oxygen atoms in total. The maximum atomic E-state index is 11.9. The molecular weight excluding hydrogens is 268 g/mol. The molecule has 0 amide bonds. The SMILES string of the molecule is Cc1ccc(C2=CC(=Cc3cccs3)C(=O)O2)c(C)c1. The van der Waals surface area contributed by atoms with E-state index in [0.717, 1.165) is 16.0 Å². The quantitative estimate of drug-likeness (QED) is 0.605. The lowest BCUT2D eigenvalue weighted by atomic mass is 10.0. The number of carbonyl (C=O) groups excluding carboxylic acids is 1. The summed E-state index contributed by atoms with van der Waals surface area (Å²) in [6, 6.07) is 10.1. The molecule has 3 heteroatoms. The Balaban J connectivity index is 1.98. The van der Waals surface area contributed by atoms with Gasteiger partial charge in [0.25, 0.3) is 0 Å². The molecule has 1 aliphatic heterocycles. The van der Waals surface area contributed by atoms with E-state index in [1.165, 1.54) is 5.56 Å². The predicted octanol–water partition coefficient (Wildman–Crippen LogP) is 4.35. The minimum atomic E-state index is -0.284. The molecule has 100 valence electrons. The maximum Gasteiger partial charge on any atom is 0.343 e. The number of cyclic esters (lactones) is 1. The molecule has 0 atom stereocenters. The Morgan fingerprint density at radius 1 is 1.20 bits per heavy atom. The second-order valence-corrected chi connectivity index (χ2v) is 5.81. The van der Waals surface area contributed by atoms with E-state index < -0.39 is 0 Å². The Morgan fingerprint density at radius 2 is 2.05 bits per heavy atom. The van der Waals surface area contributed by atoms with E-state index in [9.17, 15) is 4.79 Å². The molecule has 0 radical (unpaired) electrons. The molecular formula is C17H14O2S. The number of benzene rings is 1. The zero-order chi connectivity index (χ0) is 14.1. The lowest BCUT2D eigenvalue weighted by Crippen LogP contribution is -1.97. The van der Waals surface area contributed by atoms with Crippen LogP contribution in [-0.2, 0) is 9.53 Å². The minimum Gasteiger partial charge on any atom is -0.422 e. The van der Waals surface area contributed by atoms with Crippen LogP contribution in [0.15, 0.2) is 47.4 Å². The summed E-state index contributed by atoms with van der Waals surface area (Å²) in [5, 5.41) is 1.99. The fourth-order valence-electron chi connectivity index (χ4n) is 2.24. The Kier molecular flexibility index (Phi) is 3.28. The first kappa shape index (κ1) is 12.9. The highest BCUT2D eigenvalue weighted by Gasteiger charge is 2.22. The van der Waals surface area contributed by atoms with Crippen molar-refractivity contribution in [2.45, 2.75) is 13.8 Å². The normalized spacial score (nSPS) is 16.4. The number of aryl methyl sites for hydroxylation is 2. The highest BCUT2D eigenvalue weighted by atomic mass is 32.1. The van der Waals surface area contributed by atoms with Gasteiger partial charge in [-0.3, -0.25) is 0 Å². The van der Waals surface area contributed by atoms with Crippen LogP contribution < -0.4 is 0 Å². The lowest BCUT2D eigenvalue weighted by molar-refractivity contribution is -0.130. The third-order valence-electron chi connectivity index (χ3n) is 3.21. The van der Waals surface area contributed by atoms with Gasteiger partial charge in [-0.2, -0.15) is 0 Å². The van der Waals surface area contributed by atoms with E-state index in [2.05, 4.69) is 6.07 Å². The van der Waals surface area contributed by atoms with Crippen LogP contribution in [0.3, 0.4) is 0 Å². The molecule has 0 unspecified atom stereocenters. The predicted molar refractivity (Wildman–Crippen MR) is 82.3 cm³/mol. The fourth-order valence-corrected chi connectivity index (χ4v) is 2.90. The molecule has 0 bridgehead atoms. The van der Waals surface area contributed by atoms with Gasteiger partial charge in [0.1, 0.15) is 5.76 Å². The van der Waals surface area contributed by atoms with Crippen molar-refractivity contribution >= 4 is 29.1 Å². The molecule has 3 rings (SSSR count). The van der Waals surface area contributed by atoms with Crippen LogP contribution in [0.4, 0.5) is 0 Å². The van der Waals surface area contributed by atoms with E-state index in [0.29, 0.717) is 11.3 Å². The second-order valence-electron chi connectivity index (χ2n) is 4.83. The van der Waals surface area contributed by atoms with Gasteiger partial charge >= 0.3 is 5.97 Å². The molecule has 1 aromatic carbocycles. The molecule has 0 aliphatic carbocycles. The van der Waals surface area contributed by atoms with E-state index in [1.54, 1.807) is 11.3 Å². The van der Waals surface area contributed by atoms with Gasteiger partial charge in [-0.15, -0.1) is 11.3 Å². The number of thiophene rings is 1. The third-order valence-corrected chi connectivity index (χ3v) is 4.03. The fraction of sp³-hybridized carbons (Fsp3) is 0.118.